The van der Waals surface area contributed by atoms with E-state index in [4.69, 9.17) is 0 Å². The number of nitrogens with one attached hydrogen (secondary N) is 1. The highest BCUT2D eigenvalue weighted by Gasteiger charge is 2.49. The van der Waals surface area contributed by atoms with E-state index < -0.39 is 0 Å². The lowest BCUT2D eigenvalue weighted by Gasteiger charge is -2.19. The largest absolute Gasteiger partial charge is 0.314 e. The number of rotatable bonds is 5. The first kappa shape index (κ1) is 13.0. The van der Waals surface area contributed by atoms with E-state index in [0.717, 1.165) is 23.4 Å². The van der Waals surface area contributed by atoms with Gasteiger partial charge in [0.1, 0.15) is 0 Å². The van der Waals surface area contributed by atoms with Crippen LogP contribution in [-0.2, 0) is 6.42 Å². The minimum atomic E-state index is 0.520. The van der Waals surface area contributed by atoms with Crippen molar-refractivity contribution in [2.24, 2.45) is 11.3 Å². The van der Waals surface area contributed by atoms with Crippen LogP contribution in [0.15, 0.2) is 22.9 Å². The van der Waals surface area contributed by atoms with E-state index in [1.54, 1.807) is 0 Å². The average molecular weight is 297 g/mol. The fourth-order valence-electron chi connectivity index (χ4n) is 2.64. The number of pyridine rings is 1. The van der Waals surface area contributed by atoms with Crippen molar-refractivity contribution in [2.45, 2.75) is 39.7 Å². The van der Waals surface area contributed by atoms with E-state index in [2.05, 4.69) is 53.1 Å². The maximum Gasteiger partial charge on any atom is 0.0410 e. The first-order valence-electron chi connectivity index (χ1n) is 6.36. The molecule has 0 radical (unpaired) electrons. The summed E-state index contributed by atoms with van der Waals surface area (Å²) in [7, 11) is 0. The van der Waals surface area contributed by atoms with Gasteiger partial charge < -0.3 is 5.32 Å². The predicted octanol–water partition coefficient (Wildman–Crippen LogP) is 3.41. The van der Waals surface area contributed by atoms with Crippen LogP contribution in [0.1, 0.15) is 32.8 Å². The molecule has 0 spiro atoms. The third-order valence-electron chi connectivity index (χ3n) is 3.76. The molecule has 0 aliphatic heterocycles. The Balaban J connectivity index is 2.03. The van der Waals surface area contributed by atoms with Gasteiger partial charge in [0.2, 0.25) is 0 Å². The lowest BCUT2D eigenvalue weighted by molar-refractivity contribution is 0.409. The molecule has 1 aromatic heterocycles. The summed E-state index contributed by atoms with van der Waals surface area (Å²) >= 11 is 3.48. The van der Waals surface area contributed by atoms with Crippen molar-refractivity contribution >= 4 is 15.9 Å². The Morgan fingerprint density at radius 1 is 1.53 bits per heavy atom. The van der Waals surface area contributed by atoms with E-state index in [1.807, 2.05) is 12.4 Å². The summed E-state index contributed by atoms with van der Waals surface area (Å²) in [6.45, 7) is 7.95. The van der Waals surface area contributed by atoms with E-state index in [0.29, 0.717) is 11.5 Å². The normalized spacial score (nSPS) is 23.4. The summed E-state index contributed by atoms with van der Waals surface area (Å²) in [6, 6.07) is 2.76. The molecule has 0 aromatic carbocycles. The SMILES string of the molecule is CCNC(Cc1cncc(Br)c1)C1CC1(C)C. The molecular weight excluding hydrogens is 276 g/mol. The molecule has 2 atom stereocenters. The Morgan fingerprint density at radius 3 is 2.76 bits per heavy atom. The predicted molar refractivity (Wildman–Crippen MR) is 75.0 cm³/mol. The number of hydrogen-bond donors (Lipinski definition) is 1. The Labute approximate surface area is 112 Å². The van der Waals surface area contributed by atoms with Gasteiger partial charge in [0, 0.05) is 22.9 Å². The Hall–Kier alpha value is -0.410. The summed E-state index contributed by atoms with van der Waals surface area (Å²) in [5, 5.41) is 3.63. The molecule has 1 saturated carbocycles. The second-order valence-corrected chi connectivity index (χ2v) is 6.59. The third-order valence-corrected chi connectivity index (χ3v) is 4.19. The maximum absolute atomic E-state index is 4.24. The van der Waals surface area contributed by atoms with Gasteiger partial charge in [-0.05, 0) is 58.3 Å². The summed E-state index contributed by atoms with van der Waals surface area (Å²) in [6.07, 6.45) is 6.23. The third kappa shape index (κ3) is 3.29. The van der Waals surface area contributed by atoms with Gasteiger partial charge in [-0.15, -0.1) is 0 Å². The van der Waals surface area contributed by atoms with E-state index >= 15 is 0 Å². The Bertz CT molecular complexity index is 390. The van der Waals surface area contributed by atoms with Gasteiger partial charge in [0.15, 0.2) is 0 Å². The number of nitrogens with zero attached hydrogens (tertiary/aromatic N) is 1. The quantitative estimate of drug-likeness (QED) is 0.901. The summed E-state index contributed by atoms with van der Waals surface area (Å²) < 4.78 is 1.07. The molecule has 17 heavy (non-hydrogen) atoms. The van der Waals surface area contributed by atoms with Crippen LogP contribution in [0.5, 0.6) is 0 Å². The van der Waals surface area contributed by atoms with E-state index in [1.165, 1.54) is 12.0 Å². The van der Waals surface area contributed by atoms with Gasteiger partial charge >= 0.3 is 0 Å². The van der Waals surface area contributed by atoms with Crippen molar-refractivity contribution in [3.05, 3.63) is 28.5 Å². The summed E-state index contributed by atoms with van der Waals surface area (Å²) in [4.78, 5) is 4.24. The molecular formula is C14H21BrN2. The molecule has 3 heteroatoms. The first-order valence-corrected chi connectivity index (χ1v) is 7.15. The number of hydrogen-bond acceptors (Lipinski definition) is 2. The van der Waals surface area contributed by atoms with Crippen LogP contribution in [0.3, 0.4) is 0 Å². The number of aromatic nitrogens is 1. The average Bonchev–Trinajstić information content (AvgIpc) is 2.87. The highest BCUT2D eigenvalue weighted by atomic mass is 79.9. The van der Waals surface area contributed by atoms with Crippen LogP contribution in [0, 0.1) is 11.3 Å². The summed E-state index contributed by atoms with van der Waals surface area (Å²) in [5.74, 6) is 0.807. The van der Waals surface area contributed by atoms with E-state index in [-0.39, 0.29) is 0 Å². The van der Waals surface area contributed by atoms with Crippen molar-refractivity contribution in [2.75, 3.05) is 6.54 Å². The molecule has 0 bridgehead atoms. The van der Waals surface area contributed by atoms with Crippen LogP contribution in [0.4, 0.5) is 0 Å². The van der Waals surface area contributed by atoms with Crippen molar-refractivity contribution in [3.63, 3.8) is 0 Å². The molecule has 94 valence electrons. The molecule has 0 saturated heterocycles. The highest BCUT2D eigenvalue weighted by molar-refractivity contribution is 9.10. The Kier molecular flexibility index (Phi) is 3.88. The second kappa shape index (κ2) is 5.07. The Morgan fingerprint density at radius 2 is 2.24 bits per heavy atom. The zero-order valence-corrected chi connectivity index (χ0v) is 12.4. The zero-order valence-electron chi connectivity index (χ0n) is 10.8. The van der Waals surface area contributed by atoms with Gasteiger partial charge in [0.25, 0.3) is 0 Å². The monoisotopic (exact) mass is 296 g/mol. The van der Waals surface area contributed by atoms with Gasteiger partial charge in [-0.1, -0.05) is 20.8 Å². The number of halogens is 1. The molecule has 1 aliphatic carbocycles. The van der Waals surface area contributed by atoms with Crippen LogP contribution in [0.25, 0.3) is 0 Å². The minimum Gasteiger partial charge on any atom is -0.314 e. The van der Waals surface area contributed by atoms with Crippen LogP contribution < -0.4 is 5.32 Å². The lowest BCUT2D eigenvalue weighted by Crippen LogP contribution is -2.34. The fraction of sp³-hybridized carbons (Fsp3) is 0.643. The second-order valence-electron chi connectivity index (χ2n) is 5.68. The zero-order chi connectivity index (χ0) is 12.5. The molecule has 1 aliphatic rings. The van der Waals surface area contributed by atoms with Crippen LogP contribution >= 0.6 is 15.9 Å². The highest BCUT2D eigenvalue weighted by Crippen LogP contribution is 2.54. The molecule has 1 fully saturated rings. The van der Waals surface area contributed by atoms with Gasteiger partial charge in [-0.2, -0.15) is 0 Å². The smallest absolute Gasteiger partial charge is 0.0410 e. The van der Waals surface area contributed by atoms with Crippen LogP contribution in [-0.4, -0.2) is 17.6 Å². The first-order chi connectivity index (χ1) is 8.03. The molecule has 2 nitrogen and oxygen atoms in total. The lowest BCUT2D eigenvalue weighted by atomic mass is 9.98. The topological polar surface area (TPSA) is 24.9 Å². The van der Waals surface area contributed by atoms with Crippen molar-refractivity contribution in [1.29, 1.82) is 0 Å². The summed E-state index contributed by atoms with van der Waals surface area (Å²) in [5.41, 5.74) is 1.83. The van der Waals surface area contributed by atoms with Crippen molar-refractivity contribution in [1.82, 2.24) is 10.3 Å². The van der Waals surface area contributed by atoms with Gasteiger partial charge in [-0.25, -0.2) is 0 Å². The number of likely N-dealkylation sites (N-methyl/N-ethyl adjacent to an activating group) is 1. The molecule has 1 aromatic rings. The fourth-order valence-corrected chi connectivity index (χ4v) is 3.05. The molecule has 2 rings (SSSR count). The standard InChI is InChI=1S/C14H21BrN2/c1-4-17-13(12-7-14(12,2)3)6-10-5-11(15)9-16-8-10/h5,8-9,12-13,17H,4,6-7H2,1-3H3. The minimum absolute atomic E-state index is 0.520. The van der Waals surface area contributed by atoms with Gasteiger partial charge in [0.05, 0.1) is 0 Å². The molecule has 1 N–H and O–H groups in total. The molecule has 1 heterocycles. The van der Waals surface area contributed by atoms with Crippen molar-refractivity contribution < 1.29 is 0 Å². The maximum atomic E-state index is 4.24. The van der Waals surface area contributed by atoms with E-state index in [9.17, 15) is 0 Å². The molecule has 2 unspecified atom stereocenters. The van der Waals surface area contributed by atoms with Gasteiger partial charge in [-0.3, -0.25) is 4.98 Å². The van der Waals surface area contributed by atoms with Crippen LogP contribution in [0.2, 0.25) is 0 Å². The molecule has 0 amide bonds. The van der Waals surface area contributed by atoms with Crippen molar-refractivity contribution in [3.8, 4) is 0 Å².